The highest BCUT2D eigenvalue weighted by molar-refractivity contribution is 9.10. The van der Waals surface area contributed by atoms with Crippen LogP contribution in [0, 0.1) is 0 Å². The number of rotatable bonds is 3. The highest BCUT2D eigenvalue weighted by Crippen LogP contribution is 2.28. The summed E-state index contributed by atoms with van der Waals surface area (Å²) < 4.78 is 1.96. The van der Waals surface area contributed by atoms with E-state index >= 15 is 0 Å². The predicted octanol–water partition coefficient (Wildman–Crippen LogP) is 2.39. The Morgan fingerprint density at radius 2 is 2.11 bits per heavy atom. The lowest BCUT2D eigenvalue weighted by Gasteiger charge is -2.09. The zero-order valence-electron chi connectivity index (χ0n) is 10.1. The third-order valence-corrected chi connectivity index (χ3v) is 3.38. The lowest BCUT2D eigenvalue weighted by molar-refractivity contribution is 0.0696. The number of hydrogen-bond acceptors (Lipinski definition) is 3. The highest BCUT2D eigenvalue weighted by Gasteiger charge is 2.17. The molecule has 0 aliphatic carbocycles. The molecule has 0 spiro atoms. The molecule has 0 fully saturated rings. The summed E-state index contributed by atoms with van der Waals surface area (Å²) in [4.78, 5) is 27.0. The number of aromatic carboxylic acids is 1. The van der Waals surface area contributed by atoms with Gasteiger partial charge in [0, 0.05) is 22.8 Å². The summed E-state index contributed by atoms with van der Waals surface area (Å²) in [5.74, 6) is -1.11. The van der Waals surface area contributed by atoms with Gasteiger partial charge in [-0.25, -0.2) is 9.59 Å². The summed E-state index contributed by atoms with van der Waals surface area (Å²) in [6, 6.07) is 7.06. The number of nitrogens with zero attached hydrogens (tertiary/aromatic N) is 2. The second kappa shape index (κ2) is 5.36. The predicted molar refractivity (Wildman–Crippen MR) is 74.3 cm³/mol. The third kappa shape index (κ3) is 2.58. The zero-order valence-corrected chi connectivity index (χ0v) is 11.7. The number of carboxylic acid groups (broad SMARTS) is 1. The van der Waals surface area contributed by atoms with E-state index in [-0.39, 0.29) is 11.3 Å². The minimum absolute atomic E-state index is 0.00773. The van der Waals surface area contributed by atoms with Crippen molar-refractivity contribution in [1.82, 2.24) is 9.55 Å². The molecule has 0 atom stereocenters. The Labute approximate surface area is 117 Å². The Bertz CT molecular complexity index is 695. The molecule has 0 unspecified atom stereocenters. The van der Waals surface area contributed by atoms with Crippen molar-refractivity contribution in [2.24, 2.45) is 0 Å². The van der Waals surface area contributed by atoms with Gasteiger partial charge in [-0.3, -0.25) is 4.57 Å². The van der Waals surface area contributed by atoms with E-state index in [9.17, 15) is 14.7 Å². The molecule has 0 saturated carbocycles. The number of halogens is 1. The molecular weight excluding hydrogens is 312 g/mol. The molecule has 0 aliphatic heterocycles. The SMILES string of the molecule is CCn1cc(C(=O)O)c(-c2ccccc2Br)nc1=O. The van der Waals surface area contributed by atoms with Gasteiger partial charge >= 0.3 is 11.7 Å². The molecule has 2 rings (SSSR count). The molecule has 1 aromatic carbocycles. The summed E-state index contributed by atoms with van der Waals surface area (Å²) in [6.45, 7) is 2.13. The summed E-state index contributed by atoms with van der Waals surface area (Å²) in [7, 11) is 0. The van der Waals surface area contributed by atoms with Crippen molar-refractivity contribution in [3.05, 3.63) is 51.0 Å². The number of hydrogen-bond donors (Lipinski definition) is 1. The molecule has 0 radical (unpaired) electrons. The van der Waals surface area contributed by atoms with Crippen LogP contribution in [-0.4, -0.2) is 20.6 Å². The molecule has 0 aliphatic rings. The summed E-state index contributed by atoms with van der Waals surface area (Å²) in [5.41, 5.74) is 0.307. The topological polar surface area (TPSA) is 72.2 Å². The van der Waals surface area contributed by atoms with E-state index in [2.05, 4.69) is 20.9 Å². The summed E-state index contributed by atoms with van der Waals surface area (Å²) in [5, 5.41) is 9.26. The van der Waals surface area contributed by atoms with Crippen molar-refractivity contribution >= 4 is 21.9 Å². The van der Waals surface area contributed by atoms with Crippen LogP contribution in [0.1, 0.15) is 17.3 Å². The zero-order chi connectivity index (χ0) is 14.0. The number of aromatic nitrogens is 2. The first kappa shape index (κ1) is 13.5. The maximum Gasteiger partial charge on any atom is 0.348 e. The molecule has 2 aromatic rings. The van der Waals surface area contributed by atoms with Crippen LogP contribution in [0.25, 0.3) is 11.3 Å². The van der Waals surface area contributed by atoms with Crippen molar-refractivity contribution in [2.75, 3.05) is 0 Å². The summed E-state index contributed by atoms with van der Waals surface area (Å²) in [6.07, 6.45) is 1.33. The fraction of sp³-hybridized carbons (Fsp3) is 0.154. The second-order valence-electron chi connectivity index (χ2n) is 3.86. The maximum absolute atomic E-state index is 11.8. The molecule has 1 aromatic heterocycles. The lowest BCUT2D eigenvalue weighted by atomic mass is 10.1. The second-order valence-corrected chi connectivity index (χ2v) is 4.71. The van der Waals surface area contributed by atoms with Crippen molar-refractivity contribution in [2.45, 2.75) is 13.5 Å². The average molecular weight is 323 g/mol. The van der Waals surface area contributed by atoms with Gasteiger partial charge in [0.05, 0.1) is 5.69 Å². The van der Waals surface area contributed by atoms with Gasteiger partial charge in [-0.15, -0.1) is 0 Å². The van der Waals surface area contributed by atoms with Gasteiger partial charge in [-0.2, -0.15) is 4.98 Å². The number of carbonyl (C=O) groups is 1. The molecule has 0 saturated heterocycles. The minimum atomic E-state index is -1.11. The maximum atomic E-state index is 11.8. The normalized spacial score (nSPS) is 10.4. The van der Waals surface area contributed by atoms with Gasteiger partial charge in [-0.05, 0) is 13.0 Å². The van der Waals surface area contributed by atoms with Crippen LogP contribution in [0.5, 0.6) is 0 Å². The monoisotopic (exact) mass is 322 g/mol. The fourth-order valence-corrected chi connectivity index (χ4v) is 2.21. The van der Waals surface area contributed by atoms with Crippen LogP contribution < -0.4 is 5.69 Å². The average Bonchev–Trinajstić information content (AvgIpc) is 2.38. The number of benzene rings is 1. The van der Waals surface area contributed by atoms with Crippen molar-refractivity contribution in [3.8, 4) is 11.3 Å². The number of carboxylic acids is 1. The molecular formula is C13H11BrN2O3. The first-order valence-electron chi connectivity index (χ1n) is 5.64. The highest BCUT2D eigenvalue weighted by atomic mass is 79.9. The molecule has 1 N–H and O–H groups in total. The Kier molecular flexibility index (Phi) is 3.80. The first-order chi connectivity index (χ1) is 9.04. The van der Waals surface area contributed by atoms with Crippen molar-refractivity contribution < 1.29 is 9.90 Å². The molecule has 0 bridgehead atoms. The molecule has 6 heteroatoms. The van der Waals surface area contributed by atoms with Crippen LogP contribution in [0.2, 0.25) is 0 Å². The van der Waals surface area contributed by atoms with Crippen LogP contribution in [0.15, 0.2) is 39.7 Å². The van der Waals surface area contributed by atoms with Crippen molar-refractivity contribution in [3.63, 3.8) is 0 Å². The van der Waals surface area contributed by atoms with E-state index in [4.69, 9.17) is 0 Å². The van der Waals surface area contributed by atoms with Gasteiger partial charge < -0.3 is 5.11 Å². The van der Waals surface area contributed by atoms with E-state index in [1.54, 1.807) is 31.2 Å². The summed E-state index contributed by atoms with van der Waals surface area (Å²) >= 11 is 3.33. The lowest BCUT2D eigenvalue weighted by Crippen LogP contribution is -2.24. The Balaban J connectivity index is 2.76. The van der Waals surface area contributed by atoms with Gasteiger partial charge in [0.15, 0.2) is 0 Å². The molecule has 98 valence electrons. The van der Waals surface area contributed by atoms with Gasteiger partial charge in [-0.1, -0.05) is 34.1 Å². The van der Waals surface area contributed by atoms with Gasteiger partial charge in [0.2, 0.25) is 0 Å². The van der Waals surface area contributed by atoms with E-state index < -0.39 is 11.7 Å². The Hall–Kier alpha value is -1.95. The Morgan fingerprint density at radius 3 is 2.68 bits per heavy atom. The van der Waals surface area contributed by atoms with Crippen LogP contribution >= 0.6 is 15.9 Å². The molecule has 1 heterocycles. The Morgan fingerprint density at radius 1 is 1.42 bits per heavy atom. The molecule has 19 heavy (non-hydrogen) atoms. The third-order valence-electron chi connectivity index (χ3n) is 2.69. The smallest absolute Gasteiger partial charge is 0.348 e. The van der Waals surface area contributed by atoms with Crippen LogP contribution in [-0.2, 0) is 6.54 Å². The minimum Gasteiger partial charge on any atom is -0.478 e. The largest absolute Gasteiger partial charge is 0.478 e. The van der Waals surface area contributed by atoms with Gasteiger partial charge in [0.1, 0.15) is 5.56 Å². The first-order valence-corrected chi connectivity index (χ1v) is 6.43. The van der Waals surface area contributed by atoms with Gasteiger partial charge in [0.25, 0.3) is 0 Å². The quantitative estimate of drug-likeness (QED) is 0.941. The molecule has 0 amide bonds. The van der Waals surface area contributed by atoms with E-state index in [0.29, 0.717) is 16.6 Å². The van der Waals surface area contributed by atoms with Crippen LogP contribution in [0.3, 0.4) is 0 Å². The van der Waals surface area contributed by atoms with Crippen molar-refractivity contribution in [1.29, 1.82) is 0 Å². The van der Waals surface area contributed by atoms with E-state index in [1.807, 2.05) is 0 Å². The standard InChI is InChI=1S/C13H11BrN2O3/c1-2-16-7-9(12(17)18)11(15-13(16)19)8-5-3-4-6-10(8)14/h3-7H,2H2,1H3,(H,17,18). The number of aryl methyl sites for hydroxylation is 1. The van der Waals surface area contributed by atoms with E-state index in [0.717, 1.165) is 0 Å². The van der Waals surface area contributed by atoms with E-state index in [1.165, 1.54) is 10.8 Å². The van der Waals surface area contributed by atoms with Crippen LogP contribution in [0.4, 0.5) is 0 Å². The molecule has 5 nitrogen and oxygen atoms in total. The fourth-order valence-electron chi connectivity index (χ4n) is 1.73.